The van der Waals surface area contributed by atoms with E-state index in [0.717, 1.165) is 11.6 Å². The Bertz CT molecular complexity index is 850. The number of carbonyl (C=O) groups excluding carboxylic acids is 1. The summed E-state index contributed by atoms with van der Waals surface area (Å²) >= 11 is 5.80. The van der Waals surface area contributed by atoms with Crippen molar-refractivity contribution in [2.24, 2.45) is 5.14 Å². The van der Waals surface area contributed by atoms with E-state index in [2.05, 4.69) is 5.32 Å². The molecule has 0 aromatic heterocycles. The topological polar surface area (TPSA) is 115 Å². The first-order valence-corrected chi connectivity index (χ1v) is 8.11. The van der Waals surface area contributed by atoms with E-state index in [1.165, 1.54) is 6.07 Å². The van der Waals surface area contributed by atoms with Crippen LogP contribution < -0.4 is 16.2 Å². The fourth-order valence-electron chi connectivity index (χ4n) is 1.90. The number of nitrogens with one attached hydrogen (secondary N) is 1. The van der Waals surface area contributed by atoms with Gasteiger partial charge in [-0.2, -0.15) is 0 Å². The molecule has 0 spiro atoms. The lowest BCUT2D eigenvalue weighted by Gasteiger charge is -2.11. The molecule has 8 heteroatoms. The van der Waals surface area contributed by atoms with Crippen molar-refractivity contribution in [1.29, 1.82) is 0 Å². The number of amides is 1. The van der Waals surface area contributed by atoms with Gasteiger partial charge in [0, 0.05) is 11.4 Å². The standard InChI is InChI=1S/C14H14ClN3O3S/c1-8-3-2-4-9(5-8)18-14(19)10-6-13(22(17,20)21)11(15)7-12(10)16/h2-7H,16H2,1H3,(H,18,19)(H2,17,20,21). The number of nitrogen functional groups attached to an aromatic ring is 1. The number of rotatable bonds is 3. The van der Waals surface area contributed by atoms with E-state index in [1.807, 2.05) is 13.0 Å². The van der Waals surface area contributed by atoms with Gasteiger partial charge < -0.3 is 11.1 Å². The van der Waals surface area contributed by atoms with Crippen molar-refractivity contribution in [2.45, 2.75) is 11.8 Å². The number of aryl methyl sites for hydroxylation is 1. The van der Waals surface area contributed by atoms with Crippen LogP contribution in [-0.2, 0) is 10.0 Å². The van der Waals surface area contributed by atoms with Gasteiger partial charge in [0.2, 0.25) is 10.0 Å². The van der Waals surface area contributed by atoms with Crippen LogP contribution in [0.1, 0.15) is 15.9 Å². The van der Waals surface area contributed by atoms with Gasteiger partial charge in [-0.1, -0.05) is 23.7 Å². The van der Waals surface area contributed by atoms with Crippen LogP contribution in [0, 0.1) is 6.92 Å². The zero-order valence-electron chi connectivity index (χ0n) is 11.6. The third kappa shape index (κ3) is 3.56. The Hall–Kier alpha value is -2.09. The summed E-state index contributed by atoms with van der Waals surface area (Å²) in [5.41, 5.74) is 7.31. The largest absolute Gasteiger partial charge is 0.398 e. The molecule has 0 aliphatic rings. The van der Waals surface area contributed by atoms with Crippen LogP contribution in [0.3, 0.4) is 0 Å². The van der Waals surface area contributed by atoms with E-state index in [-0.39, 0.29) is 21.2 Å². The molecule has 0 aliphatic carbocycles. The Kier molecular flexibility index (Phi) is 4.41. The minimum Gasteiger partial charge on any atom is -0.398 e. The van der Waals surface area contributed by atoms with Gasteiger partial charge in [-0.05, 0) is 36.8 Å². The van der Waals surface area contributed by atoms with Gasteiger partial charge >= 0.3 is 0 Å². The minimum absolute atomic E-state index is 0.0186. The summed E-state index contributed by atoms with van der Waals surface area (Å²) in [4.78, 5) is 11.9. The average molecular weight is 340 g/mol. The first-order chi connectivity index (χ1) is 10.2. The molecule has 0 aliphatic heterocycles. The van der Waals surface area contributed by atoms with Crippen molar-refractivity contribution in [2.75, 3.05) is 11.1 Å². The van der Waals surface area contributed by atoms with Crippen LogP contribution >= 0.6 is 11.6 Å². The van der Waals surface area contributed by atoms with E-state index in [4.69, 9.17) is 22.5 Å². The van der Waals surface area contributed by atoms with Gasteiger partial charge in [-0.25, -0.2) is 13.6 Å². The zero-order chi connectivity index (χ0) is 16.5. The lowest BCUT2D eigenvalue weighted by atomic mass is 10.1. The minimum atomic E-state index is -4.05. The van der Waals surface area contributed by atoms with Crippen LogP contribution in [0.4, 0.5) is 11.4 Å². The highest BCUT2D eigenvalue weighted by atomic mass is 35.5. The molecule has 0 heterocycles. The fraction of sp³-hybridized carbons (Fsp3) is 0.0714. The van der Waals surface area contributed by atoms with Gasteiger partial charge in [0.15, 0.2) is 0 Å². The molecule has 5 N–H and O–H groups in total. The second-order valence-electron chi connectivity index (χ2n) is 4.74. The van der Waals surface area contributed by atoms with Crippen LogP contribution in [0.25, 0.3) is 0 Å². The molecule has 0 saturated carbocycles. The van der Waals surface area contributed by atoms with Gasteiger partial charge in [0.05, 0.1) is 10.6 Å². The normalized spacial score (nSPS) is 11.2. The van der Waals surface area contributed by atoms with E-state index in [0.29, 0.717) is 5.69 Å². The van der Waals surface area contributed by atoms with Crippen molar-refractivity contribution >= 4 is 38.9 Å². The number of primary sulfonamides is 1. The van der Waals surface area contributed by atoms with Crippen molar-refractivity contribution in [1.82, 2.24) is 0 Å². The van der Waals surface area contributed by atoms with Crippen molar-refractivity contribution in [3.05, 3.63) is 52.5 Å². The Morgan fingerprint density at radius 2 is 1.91 bits per heavy atom. The molecule has 2 rings (SSSR count). The Labute approximate surface area is 133 Å². The molecule has 0 unspecified atom stereocenters. The van der Waals surface area contributed by atoms with Crippen molar-refractivity contribution < 1.29 is 13.2 Å². The molecule has 2 aromatic carbocycles. The van der Waals surface area contributed by atoms with E-state index in [1.54, 1.807) is 18.2 Å². The number of halogens is 1. The molecule has 1 amide bonds. The number of sulfonamides is 1. The van der Waals surface area contributed by atoms with Crippen LogP contribution in [0.15, 0.2) is 41.3 Å². The predicted octanol–water partition coefficient (Wildman–Crippen LogP) is 2.13. The van der Waals surface area contributed by atoms with Crippen molar-refractivity contribution in [3.8, 4) is 0 Å². The third-order valence-electron chi connectivity index (χ3n) is 2.93. The number of anilines is 2. The summed E-state index contributed by atoms with van der Waals surface area (Å²) < 4.78 is 22.9. The first-order valence-electron chi connectivity index (χ1n) is 6.18. The number of nitrogens with two attached hydrogens (primary N) is 2. The van der Waals surface area contributed by atoms with Crippen LogP contribution in [0.5, 0.6) is 0 Å². The number of benzene rings is 2. The summed E-state index contributed by atoms with van der Waals surface area (Å²) in [5, 5.41) is 7.57. The maximum atomic E-state index is 12.3. The summed E-state index contributed by atoms with van der Waals surface area (Å²) in [7, 11) is -4.05. The maximum absolute atomic E-state index is 12.3. The van der Waals surface area contributed by atoms with Crippen LogP contribution in [0.2, 0.25) is 5.02 Å². The molecule has 2 aromatic rings. The smallest absolute Gasteiger partial charge is 0.257 e. The molecule has 0 radical (unpaired) electrons. The summed E-state index contributed by atoms with van der Waals surface area (Å²) in [6, 6.07) is 9.39. The predicted molar refractivity (Wildman–Crippen MR) is 86.4 cm³/mol. The first kappa shape index (κ1) is 16.3. The second-order valence-corrected chi connectivity index (χ2v) is 6.68. The van der Waals surface area contributed by atoms with E-state index in [9.17, 15) is 13.2 Å². The molecule has 6 nitrogen and oxygen atoms in total. The maximum Gasteiger partial charge on any atom is 0.257 e. The molecule has 0 fully saturated rings. The average Bonchev–Trinajstić information content (AvgIpc) is 2.36. The lowest BCUT2D eigenvalue weighted by molar-refractivity contribution is 0.102. The Morgan fingerprint density at radius 3 is 2.50 bits per heavy atom. The quantitative estimate of drug-likeness (QED) is 0.743. The van der Waals surface area contributed by atoms with Gasteiger partial charge in [0.25, 0.3) is 5.91 Å². The summed E-state index contributed by atoms with van der Waals surface area (Å²) in [6.45, 7) is 1.88. The number of carbonyl (C=O) groups is 1. The molecule has 0 bridgehead atoms. The molecular weight excluding hydrogens is 326 g/mol. The Morgan fingerprint density at radius 1 is 1.23 bits per heavy atom. The third-order valence-corrected chi connectivity index (χ3v) is 4.31. The fourth-order valence-corrected chi connectivity index (χ4v) is 3.01. The highest BCUT2D eigenvalue weighted by molar-refractivity contribution is 7.89. The molecule has 22 heavy (non-hydrogen) atoms. The molecule has 0 atom stereocenters. The summed E-state index contributed by atoms with van der Waals surface area (Å²) in [5.74, 6) is -0.551. The van der Waals surface area contributed by atoms with E-state index < -0.39 is 15.9 Å². The lowest BCUT2D eigenvalue weighted by Crippen LogP contribution is -2.18. The van der Waals surface area contributed by atoms with E-state index >= 15 is 0 Å². The molecular formula is C14H14ClN3O3S. The molecule has 0 saturated heterocycles. The number of hydrogen-bond acceptors (Lipinski definition) is 4. The highest BCUT2D eigenvalue weighted by Gasteiger charge is 2.19. The van der Waals surface area contributed by atoms with Gasteiger partial charge in [-0.3, -0.25) is 4.79 Å². The zero-order valence-corrected chi connectivity index (χ0v) is 13.2. The molecule has 116 valence electrons. The van der Waals surface area contributed by atoms with Gasteiger partial charge in [0.1, 0.15) is 4.90 Å². The van der Waals surface area contributed by atoms with Crippen LogP contribution in [-0.4, -0.2) is 14.3 Å². The Balaban J connectivity index is 2.42. The summed E-state index contributed by atoms with van der Waals surface area (Å²) in [6.07, 6.45) is 0. The number of hydrogen-bond donors (Lipinski definition) is 3. The highest BCUT2D eigenvalue weighted by Crippen LogP contribution is 2.27. The van der Waals surface area contributed by atoms with Gasteiger partial charge in [-0.15, -0.1) is 0 Å². The second kappa shape index (κ2) is 5.96. The SMILES string of the molecule is Cc1cccc(NC(=O)c2cc(S(N)(=O)=O)c(Cl)cc2N)c1. The monoisotopic (exact) mass is 339 g/mol. The van der Waals surface area contributed by atoms with Crippen molar-refractivity contribution in [3.63, 3.8) is 0 Å².